The fourth-order valence-corrected chi connectivity index (χ4v) is 1.10. The molecule has 0 saturated carbocycles. The third kappa shape index (κ3) is 2.10. The Labute approximate surface area is 83.2 Å². The molecule has 2 nitrogen and oxygen atoms in total. The van der Waals surface area contributed by atoms with Crippen molar-refractivity contribution >= 4 is 0 Å². The highest BCUT2D eigenvalue weighted by molar-refractivity contribution is 5.29. The van der Waals surface area contributed by atoms with Crippen LogP contribution in [0.4, 0.5) is 0 Å². The first-order valence-electron chi connectivity index (χ1n) is 4.42. The third-order valence-electron chi connectivity index (χ3n) is 1.83. The van der Waals surface area contributed by atoms with E-state index in [1.165, 1.54) is 5.56 Å². The van der Waals surface area contributed by atoms with E-state index in [0.717, 1.165) is 5.75 Å². The molecule has 2 heteroatoms. The van der Waals surface area contributed by atoms with Crippen LogP contribution < -0.4 is 4.74 Å². The Kier molecular flexibility index (Phi) is 2.45. The number of aromatic nitrogens is 1. The Morgan fingerprint density at radius 1 is 1.14 bits per heavy atom. The second-order valence-corrected chi connectivity index (χ2v) is 3.02. The molecule has 0 saturated heterocycles. The van der Waals surface area contributed by atoms with Crippen molar-refractivity contribution in [1.82, 2.24) is 4.98 Å². The highest BCUT2D eigenvalue weighted by Gasteiger charge is 1.95. The van der Waals surface area contributed by atoms with Gasteiger partial charge in [-0.05, 0) is 25.1 Å². The van der Waals surface area contributed by atoms with Crippen LogP contribution in [-0.2, 0) is 0 Å². The smallest absolute Gasteiger partial charge is 0.219 e. The van der Waals surface area contributed by atoms with Crippen LogP contribution in [0.2, 0.25) is 0 Å². The first-order chi connectivity index (χ1) is 6.84. The summed E-state index contributed by atoms with van der Waals surface area (Å²) in [5, 5.41) is 0. The fourth-order valence-electron chi connectivity index (χ4n) is 1.10. The van der Waals surface area contributed by atoms with Crippen LogP contribution in [0.5, 0.6) is 11.6 Å². The van der Waals surface area contributed by atoms with Crippen molar-refractivity contribution in [3.8, 4) is 11.6 Å². The molecule has 0 unspecified atom stereocenters. The Morgan fingerprint density at radius 2 is 1.93 bits per heavy atom. The van der Waals surface area contributed by atoms with Crippen LogP contribution in [0, 0.1) is 13.1 Å². The second-order valence-electron chi connectivity index (χ2n) is 3.02. The first kappa shape index (κ1) is 8.75. The third-order valence-corrected chi connectivity index (χ3v) is 1.83. The molecule has 1 aromatic carbocycles. The maximum Gasteiger partial charge on any atom is 0.219 e. The van der Waals surface area contributed by atoms with Gasteiger partial charge in [-0.2, -0.15) is 0 Å². The average molecular weight is 184 g/mol. The molecule has 0 bridgehead atoms. The zero-order chi connectivity index (χ0) is 9.80. The Bertz CT molecular complexity index is 394. The van der Waals surface area contributed by atoms with Crippen LogP contribution in [0.3, 0.4) is 0 Å². The van der Waals surface area contributed by atoms with Crippen LogP contribution in [0.1, 0.15) is 5.56 Å². The highest BCUT2D eigenvalue weighted by Crippen LogP contribution is 2.18. The summed E-state index contributed by atoms with van der Waals surface area (Å²) in [4.78, 5) is 3.95. The molecule has 0 atom stereocenters. The van der Waals surface area contributed by atoms with Crippen molar-refractivity contribution in [3.63, 3.8) is 0 Å². The van der Waals surface area contributed by atoms with Gasteiger partial charge in [0.2, 0.25) is 5.88 Å². The molecular weight excluding hydrogens is 174 g/mol. The van der Waals surface area contributed by atoms with E-state index in [2.05, 4.69) is 11.2 Å². The molecular formula is C12H10NO. The normalized spacial score (nSPS) is 9.79. The summed E-state index contributed by atoms with van der Waals surface area (Å²) in [7, 11) is 0. The summed E-state index contributed by atoms with van der Waals surface area (Å²) in [6.07, 6.45) is 2.72. The molecule has 69 valence electrons. The lowest BCUT2D eigenvalue weighted by Crippen LogP contribution is -1.86. The van der Waals surface area contributed by atoms with Crippen LogP contribution in [0.15, 0.2) is 42.5 Å². The molecule has 2 rings (SSSR count). The van der Waals surface area contributed by atoms with Crippen molar-refractivity contribution in [1.29, 1.82) is 0 Å². The number of hydrogen-bond donors (Lipinski definition) is 0. The number of hydrogen-bond acceptors (Lipinski definition) is 2. The molecule has 1 radical (unpaired) electrons. The monoisotopic (exact) mass is 184 g/mol. The molecule has 2 aromatic rings. The number of pyridine rings is 1. The SMILES string of the molecule is Cc1ccc(Oc2ccc[c]n2)cc1. The zero-order valence-electron chi connectivity index (χ0n) is 7.90. The van der Waals surface area contributed by atoms with Gasteiger partial charge in [-0.3, -0.25) is 0 Å². The second kappa shape index (κ2) is 3.92. The Balaban J connectivity index is 2.16. The Hall–Kier alpha value is -1.83. The molecule has 0 fully saturated rings. The number of ether oxygens (including phenoxy) is 1. The number of aryl methyl sites for hydroxylation is 1. The molecule has 0 aliphatic carbocycles. The molecule has 0 aliphatic heterocycles. The summed E-state index contributed by atoms with van der Waals surface area (Å²) in [5.74, 6) is 1.36. The van der Waals surface area contributed by atoms with Crippen molar-refractivity contribution in [2.45, 2.75) is 6.92 Å². The van der Waals surface area contributed by atoms with E-state index in [1.54, 1.807) is 12.1 Å². The van der Waals surface area contributed by atoms with E-state index < -0.39 is 0 Å². The van der Waals surface area contributed by atoms with Gasteiger partial charge in [0.15, 0.2) is 0 Å². The average Bonchev–Trinajstić information content (AvgIpc) is 2.23. The molecule has 14 heavy (non-hydrogen) atoms. The largest absolute Gasteiger partial charge is 0.439 e. The topological polar surface area (TPSA) is 22.1 Å². The van der Waals surface area contributed by atoms with Crippen LogP contribution >= 0.6 is 0 Å². The lowest BCUT2D eigenvalue weighted by Gasteiger charge is -2.03. The highest BCUT2D eigenvalue weighted by atomic mass is 16.5. The molecule has 0 N–H and O–H groups in total. The van der Waals surface area contributed by atoms with Gasteiger partial charge in [0.25, 0.3) is 0 Å². The van der Waals surface area contributed by atoms with Gasteiger partial charge in [0, 0.05) is 6.07 Å². The minimum atomic E-state index is 0.566. The van der Waals surface area contributed by atoms with Crippen molar-refractivity contribution in [2.24, 2.45) is 0 Å². The minimum absolute atomic E-state index is 0.566. The number of rotatable bonds is 2. The summed E-state index contributed by atoms with van der Waals surface area (Å²) < 4.78 is 5.49. The van der Waals surface area contributed by atoms with Crippen molar-refractivity contribution in [2.75, 3.05) is 0 Å². The molecule has 1 aromatic heterocycles. The summed E-state index contributed by atoms with van der Waals surface area (Å²) in [5.41, 5.74) is 1.21. The molecule has 0 spiro atoms. The standard InChI is InChI=1S/C12H10NO/c1-10-5-7-11(8-6-10)14-12-4-2-3-9-13-12/h2-8H,1H3. The van der Waals surface area contributed by atoms with E-state index in [-0.39, 0.29) is 0 Å². The number of benzene rings is 1. The first-order valence-corrected chi connectivity index (χ1v) is 4.42. The van der Waals surface area contributed by atoms with E-state index in [1.807, 2.05) is 37.3 Å². The van der Waals surface area contributed by atoms with Crippen LogP contribution in [0.25, 0.3) is 0 Å². The van der Waals surface area contributed by atoms with Gasteiger partial charge in [-0.25, -0.2) is 4.98 Å². The van der Waals surface area contributed by atoms with E-state index in [4.69, 9.17) is 4.74 Å². The predicted molar refractivity (Wildman–Crippen MR) is 54.3 cm³/mol. The maximum absolute atomic E-state index is 5.49. The van der Waals surface area contributed by atoms with E-state index in [0.29, 0.717) is 5.88 Å². The van der Waals surface area contributed by atoms with Crippen molar-refractivity contribution < 1.29 is 4.74 Å². The van der Waals surface area contributed by atoms with Gasteiger partial charge >= 0.3 is 0 Å². The molecule has 0 amide bonds. The fraction of sp³-hybridized carbons (Fsp3) is 0.0833. The van der Waals surface area contributed by atoms with Gasteiger partial charge in [-0.15, -0.1) is 0 Å². The summed E-state index contributed by atoms with van der Waals surface area (Å²) in [6, 6.07) is 13.2. The van der Waals surface area contributed by atoms with E-state index in [9.17, 15) is 0 Å². The number of nitrogens with zero attached hydrogens (tertiary/aromatic N) is 1. The summed E-state index contributed by atoms with van der Waals surface area (Å²) in [6.45, 7) is 2.04. The lowest BCUT2D eigenvalue weighted by atomic mass is 10.2. The van der Waals surface area contributed by atoms with Gasteiger partial charge in [0.1, 0.15) is 5.75 Å². The zero-order valence-corrected chi connectivity index (χ0v) is 7.90. The predicted octanol–water partition coefficient (Wildman–Crippen LogP) is 2.98. The molecule has 1 heterocycles. The van der Waals surface area contributed by atoms with Gasteiger partial charge in [0.05, 0.1) is 6.20 Å². The van der Waals surface area contributed by atoms with Crippen molar-refractivity contribution in [3.05, 3.63) is 54.2 Å². The van der Waals surface area contributed by atoms with Crippen LogP contribution in [-0.4, -0.2) is 4.98 Å². The van der Waals surface area contributed by atoms with Gasteiger partial charge < -0.3 is 4.74 Å². The molecule has 0 aliphatic rings. The van der Waals surface area contributed by atoms with E-state index >= 15 is 0 Å². The maximum atomic E-state index is 5.49. The van der Waals surface area contributed by atoms with Gasteiger partial charge in [-0.1, -0.05) is 23.8 Å². The quantitative estimate of drug-likeness (QED) is 0.715. The minimum Gasteiger partial charge on any atom is -0.439 e. The lowest BCUT2D eigenvalue weighted by molar-refractivity contribution is 0.462. The Morgan fingerprint density at radius 3 is 2.57 bits per heavy atom. The summed E-state index contributed by atoms with van der Waals surface area (Å²) >= 11 is 0.